The Hall–Kier alpha value is -13.3. The van der Waals surface area contributed by atoms with Crippen molar-refractivity contribution in [3.8, 4) is 0 Å². The van der Waals surface area contributed by atoms with E-state index >= 15 is 0 Å². The SMILES string of the molecule is CC[C@H](C)[C@H](NC(=O)CNC(=O)[C@H](CC(N)=O)NC(=O)[C@@H](NC(=O)[C@H](CCC(N)=O)NC(=O)[C@H](CO)NC(=O)[C@H](CCC(=O)O)NC(=O)[C@@H](NC(=O)[C@H](Cc1c[nH]c2ccccc12)NC(=O)[C@H](CO)NC(=O)[C@H](CC(N)=O)NC(=O)[C@@H](NC(=O)[C@H](CC(C)C)NC(=O)[C@@H](N)CCC(=O)O)[C@@H](C)CC)C(C)C)[C@@H](C)O)C(=O)N[C@H](C(=O)N[C@@H](CCCNC(=N)N)C(=O)O)[C@@H](C)CC. The lowest BCUT2D eigenvalue weighted by atomic mass is 9.94. The number of primary amides is 3. The molecule has 0 saturated heterocycles. The highest BCUT2D eigenvalue weighted by molar-refractivity contribution is 6.02. The average Bonchev–Trinajstić information content (AvgIpc) is 1.66. The van der Waals surface area contributed by atoms with Gasteiger partial charge in [0, 0.05) is 49.3 Å². The third kappa shape index (κ3) is 40.1. The summed E-state index contributed by atoms with van der Waals surface area (Å²) in [5, 5.41) is 106. The van der Waals surface area contributed by atoms with Crippen molar-refractivity contribution in [3.63, 3.8) is 0 Å². The Morgan fingerprint density at radius 3 is 1.26 bits per heavy atom. The highest BCUT2D eigenvalue weighted by Crippen LogP contribution is 2.22. The predicted molar refractivity (Wildman–Crippen MR) is 465 cm³/mol. The molecule has 34 N–H and O–H groups in total. The van der Waals surface area contributed by atoms with Gasteiger partial charge in [-0.3, -0.25) is 101 Å². The second-order valence-corrected chi connectivity index (χ2v) is 32.6. The van der Waals surface area contributed by atoms with E-state index in [2.05, 4.69) is 90.1 Å². The molecule has 0 aliphatic rings. The molecule has 732 valence electrons. The van der Waals surface area contributed by atoms with Crippen molar-refractivity contribution in [1.29, 1.82) is 5.41 Å². The third-order valence-corrected chi connectivity index (χ3v) is 21.1. The number of amides is 18. The lowest BCUT2D eigenvalue weighted by Crippen LogP contribution is -2.63. The van der Waals surface area contributed by atoms with Crippen molar-refractivity contribution in [2.45, 2.75) is 269 Å². The fourth-order valence-corrected chi connectivity index (χ4v) is 12.9. The van der Waals surface area contributed by atoms with E-state index in [4.69, 9.17) is 39.2 Å². The zero-order valence-corrected chi connectivity index (χ0v) is 75.1. The smallest absolute Gasteiger partial charge is 0.326 e. The predicted octanol–water partition coefficient (Wildman–Crippen LogP) is -8.76. The number of H-pyrrole nitrogens is 1. The van der Waals surface area contributed by atoms with E-state index in [1.165, 1.54) is 20.0 Å². The number of hydrogen-bond donors (Lipinski definition) is 29. The summed E-state index contributed by atoms with van der Waals surface area (Å²) < 4.78 is 0. The first kappa shape index (κ1) is 114. The van der Waals surface area contributed by atoms with Gasteiger partial charge in [-0.1, -0.05) is 107 Å². The molecule has 0 aliphatic heterocycles. The maximum Gasteiger partial charge on any atom is 0.326 e. The zero-order chi connectivity index (χ0) is 99.5. The highest BCUT2D eigenvalue weighted by Gasteiger charge is 2.41. The molecule has 1 heterocycles. The minimum Gasteiger partial charge on any atom is -0.481 e. The van der Waals surface area contributed by atoms with E-state index in [0.29, 0.717) is 22.9 Å². The van der Waals surface area contributed by atoms with Crippen molar-refractivity contribution in [2.75, 3.05) is 26.3 Å². The topological polar surface area (TPSA) is 842 Å². The number of para-hydroxylation sites is 1. The summed E-state index contributed by atoms with van der Waals surface area (Å²) in [6.45, 7) is 13.6. The second kappa shape index (κ2) is 56.9. The molecule has 0 radical (unpaired) electrons. The largest absolute Gasteiger partial charge is 0.481 e. The van der Waals surface area contributed by atoms with Crippen LogP contribution in [0.5, 0.6) is 0 Å². The Balaban J connectivity index is 2.48. The van der Waals surface area contributed by atoms with Crippen LogP contribution in [0.1, 0.15) is 172 Å². The fraction of sp³-hybridized carbons (Fsp3) is 0.630. The van der Waals surface area contributed by atoms with Crippen LogP contribution >= 0.6 is 0 Å². The summed E-state index contributed by atoms with van der Waals surface area (Å²) in [6, 6.07) is -19.3. The molecule has 18 amide bonds. The van der Waals surface area contributed by atoms with Gasteiger partial charge in [0.1, 0.15) is 84.6 Å². The van der Waals surface area contributed by atoms with Crippen molar-refractivity contribution in [2.24, 2.45) is 58.3 Å². The minimum absolute atomic E-state index is 0.00732. The number of fused-ring (bicyclic) bond motifs is 1. The van der Waals surface area contributed by atoms with Gasteiger partial charge < -0.3 is 149 Å². The number of aliphatic carboxylic acids is 3. The molecule has 0 aliphatic carbocycles. The van der Waals surface area contributed by atoms with Crippen LogP contribution in [0.4, 0.5) is 0 Å². The maximum atomic E-state index is 14.8. The van der Waals surface area contributed by atoms with Crippen LogP contribution < -0.4 is 114 Å². The van der Waals surface area contributed by atoms with Crippen molar-refractivity contribution >= 4 is 141 Å². The number of nitrogens with one attached hydrogen (secondary N) is 18. The Bertz CT molecular complexity index is 4340. The molecule has 0 saturated carbocycles. The van der Waals surface area contributed by atoms with Crippen molar-refractivity contribution in [3.05, 3.63) is 36.0 Å². The molecule has 0 spiro atoms. The molecule has 0 fully saturated rings. The maximum absolute atomic E-state index is 14.8. The summed E-state index contributed by atoms with van der Waals surface area (Å²) >= 11 is 0. The normalized spacial score (nSPS) is 15.5. The summed E-state index contributed by atoms with van der Waals surface area (Å²) in [4.78, 5) is 286. The molecule has 131 heavy (non-hydrogen) atoms. The molecule has 50 heteroatoms. The molecular formula is C81H131N23O27. The first-order valence-electron chi connectivity index (χ1n) is 42.7. The Morgan fingerprint density at radius 2 is 0.786 bits per heavy atom. The number of carbonyl (C=O) groups excluding carboxylic acids is 18. The van der Waals surface area contributed by atoms with E-state index in [-0.39, 0.29) is 56.9 Å². The van der Waals surface area contributed by atoms with E-state index in [1.54, 1.807) is 79.7 Å². The Morgan fingerprint density at radius 1 is 0.405 bits per heavy atom. The number of carboxylic acids is 3. The van der Waals surface area contributed by atoms with E-state index in [9.17, 15) is 126 Å². The highest BCUT2D eigenvalue weighted by atomic mass is 16.4. The fourth-order valence-electron chi connectivity index (χ4n) is 12.9. The van der Waals surface area contributed by atoms with E-state index in [1.807, 2.05) is 0 Å². The molecular weight excluding hydrogens is 1730 g/mol. The summed E-state index contributed by atoms with van der Waals surface area (Å²) in [6.07, 6.45) is -5.75. The molecule has 2 rings (SSSR count). The van der Waals surface area contributed by atoms with Gasteiger partial charge in [0.05, 0.1) is 44.7 Å². The number of aromatic amines is 1. The van der Waals surface area contributed by atoms with Gasteiger partial charge in [-0.15, -0.1) is 0 Å². The van der Waals surface area contributed by atoms with Crippen LogP contribution in [0.2, 0.25) is 0 Å². The van der Waals surface area contributed by atoms with Gasteiger partial charge in [0.2, 0.25) is 106 Å². The molecule has 1 aromatic heterocycles. The number of carboxylic acid groups (broad SMARTS) is 3. The molecule has 2 aromatic rings. The van der Waals surface area contributed by atoms with Crippen LogP contribution in [-0.4, -0.2) is 289 Å². The number of hydrogen-bond acceptors (Lipinski definition) is 26. The first-order valence-corrected chi connectivity index (χ1v) is 42.7. The number of guanidine groups is 1. The number of benzene rings is 1. The van der Waals surface area contributed by atoms with Crippen LogP contribution in [0.25, 0.3) is 10.9 Å². The standard InChI is InChI=1S/C81H131N23O27/c1-12-38(8)62(78(128)103-64(40(10)14-3)76(126)93-48(80(130)131)20-17-27-88-81(86)87)100-58(111)33-90-67(117)51(30-56(84)109)96-79(129)65(41(11)107)104-69(119)46(22-24-55(83)108)91-73(123)53(34-105)98-68(118)47(23-26-60(114)115)92-75(125)61(37(6)7)101-72(122)50(29-42-32-89-45-19-16-15-18-43(42)45)95-74(124)54(35-106)99-70(120)52(31-57(85)110)97-77(127)63(39(9)13-2)102-71(121)49(28-36(4)5)94-66(116)44(82)21-25-59(112)113/h15-16,18-19,32,36-41,44,46-54,61-65,89,105-107H,12-14,17,20-31,33-35,82H2,1-11H3,(H2,83,108)(H2,84,109)(H2,85,110)(H,90,117)(H,91,123)(H,92,125)(H,93,126)(H,94,116)(H,95,124)(H,96,129)(H,97,127)(H,98,118)(H,99,120)(H,100,111)(H,101,122)(H,102,121)(H,103,128)(H,104,119)(H,112,113)(H,114,115)(H,130,131)(H4,86,87,88)/t38-,39-,40-,41+,44-,46-,47-,48-,49-,50-,51-,52-,53-,54-,61-,62-,63-,64-,65-/m0/s1. The second-order valence-electron chi connectivity index (χ2n) is 32.6. The van der Waals surface area contributed by atoms with Gasteiger partial charge >= 0.3 is 17.9 Å². The van der Waals surface area contributed by atoms with Gasteiger partial charge in [-0.05, 0) is 86.7 Å². The van der Waals surface area contributed by atoms with Crippen LogP contribution in [0.3, 0.4) is 0 Å². The van der Waals surface area contributed by atoms with Gasteiger partial charge in [0.25, 0.3) is 0 Å². The lowest BCUT2D eigenvalue weighted by molar-refractivity contribution is -0.143. The molecule has 50 nitrogen and oxygen atoms in total. The summed E-state index contributed by atoms with van der Waals surface area (Å²) in [5.41, 5.74) is 28.4. The number of aliphatic hydroxyl groups is 3. The summed E-state index contributed by atoms with van der Waals surface area (Å²) in [7, 11) is 0. The molecule has 0 bridgehead atoms. The first-order chi connectivity index (χ1) is 61.3. The van der Waals surface area contributed by atoms with Gasteiger partial charge in [-0.2, -0.15) is 0 Å². The summed E-state index contributed by atoms with van der Waals surface area (Å²) in [5.74, 6) is -28.6. The average molecular weight is 1860 g/mol. The number of rotatable bonds is 62. The number of carbonyl (C=O) groups is 21. The van der Waals surface area contributed by atoms with Gasteiger partial charge in [-0.25, -0.2) is 4.79 Å². The van der Waals surface area contributed by atoms with Crippen molar-refractivity contribution in [1.82, 2.24) is 90.1 Å². The molecule has 19 atom stereocenters. The zero-order valence-electron chi connectivity index (χ0n) is 75.1. The Labute approximate surface area is 754 Å². The number of aliphatic hydroxyl groups excluding tert-OH is 3. The van der Waals surface area contributed by atoms with Gasteiger partial charge in [0.15, 0.2) is 5.96 Å². The lowest BCUT2D eigenvalue weighted by Gasteiger charge is -2.30. The van der Waals surface area contributed by atoms with E-state index < -0.39 is 316 Å². The minimum atomic E-state index is -2.14. The van der Waals surface area contributed by atoms with Crippen LogP contribution in [0, 0.1) is 35.0 Å². The number of nitrogens with two attached hydrogens (primary N) is 5. The van der Waals surface area contributed by atoms with E-state index in [0.717, 1.165) is 6.92 Å². The Kier molecular flexibility index (Phi) is 49.5. The van der Waals surface area contributed by atoms with Crippen molar-refractivity contribution < 1.29 is 131 Å². The number of aromatic nitrogens is 1. The quantitative estimate of drug-likeness (QED) is 0.0166. The third-order valence-electron chi connectivity index (χ3n) is 21.1. The monoisotopic (exact) mass is 1860 g/mol. The van der Waals surface area contributed by atoms with Crippen LogP contribution in [-0.2, 0) is 107 Å². The molecule has 1 aromatic carbocycles. The molecule has 0 unspecified atom stereocenters. The van der Waals surface area contributed by atoms with Crippen LogP contribution in [0.15, 0.2) is 30.5 Å².